The van der Waals surface area contributed by atoms with Crippen molar-refractivity contribution in [2.75, 3.05) is 12.0 Å². The Morgan fingerprint density at radius 2 is 2.09 bits per heavy atom. The molecule has 11 heavy (non-hydrogen) atoms. The van der Waals surface area contributed by atoms with Gasteiger partial charge in [0.15, 0.2) is 0 Å². The van der Waals surface area contributed by atoms with E-state index in [0.29, 0.717) is 11.7 Å². The molecule has 0 aromatic heterocycles. The van der Waals surface area contributed by atoms with Crippen LogP contribution >= 0.6 is 11.8 Å². The van der Waals surface area contributed by atoms with Crippen molar-refractivity contribution < 1.29 is 5.11 Å². The molecule has 0 aromatic rings. The molecule has 0 aromatic carbocycles. The molecular weight excluding hydrogens is 156 g/mol. The third kappa shape index (κ3) is 4.35. The molecule has 0 aliphatic rings. The highest BCUT2D eigenvalue weighted by Crippen LogP contribution is 2.22. The van der Waals surface area contributed by atoms with Gasteiger partial charge in [-0.1, -0.05) is 20.4 Å². The minimum Gasteiger partial charge on any atom is -0.513 e. The van der Waals surface area contributed by atoms with E-state index in [-0.39, 0.29) is 5.92 Å². The maximum atomic E-state index is 9.21. The molecule has 0 aliphatic heterocycles. The highest BCUT2D eigenvalue weighted by Gasteiger charge is 2.15. The average Bonchev–Trinajstić information content (AvgIpc) is 1.87. The third-order valence-corrected chi connectivity index (χ3v) is 2.51. The number of aliphatic hydroxyl groups is 1. The van der Waals surface area contributed by atoms with Gasteiger partial charge in [-0.15, -0.1) is 0 Å². The lowest BCUT2D eigenvalue weighted by Gasteiger charge is -2.18. The van der Waals surface area contributed by atoms with Gasteiger partial charge in [-0.05, 0) is 24.3 Å². The molecule has 0 amide bonds. The Hall–Kier alpha value is -0.110. The van der Waals surface area contributed by atoms with E-state index < -0.39 is 0 Å². The average molecular weight is 174 g/mol. The molecule has 0 saturated heterocycles. The van der Waals surface area contributed by atoms with Crippen LogP contribution in [-0.2, 0) is 0 Å². The zero-order valence-electron chi connectivity index (χ0n) is 7.63. The summed E-state index contributed by atoms with van der Waals surface area (Å²) < 4.78 is 0. The van der Waals surface area contributed by atoms with Gasteiger partial charge in [-0.25, -0.2) is 0 Å². The molecule has 66 valence electrons. The first-order valence-corrected chi connectivity index (χ1v) is 5.35. The lowest BCUT2D eigenvalue weighted by Crippen LogP contribution is -2.11. The summed E-state index contributed by atoms with van der Waals surface area (Å²) in [6.45, 7) is 7.81. The molecule has 0 radical (unpaired) electrons. The second-order valence-electron chi connectivity index (χ2n) is 3.12. The SMILES string of the molecule is C=C(O)C(CCSC)C(C)C. The Kier molecular flexibility index (Phi) is 5.47. The summed E-state index contributed by atoms with van der Waals surface area (Å²) >= 11 is 1.81. The van der Waals surface area contributed by atoms with Crippen LogP contribution in [0, 0.1) is 11.8 Å². The fourth-order valence-corrected chi connectivity index (χ4v) is 1.62. The van der Waals surface area contributed by atoms with Crippen molar-refractivity contribution in [1.82, 2.24) is 0 Å². The Bertz CT molecular complexity index is 121. The summed E-state index contributed by atoms with van der Waals surface area (Å²) in [5.74, 6) is 2.22. The van der Waals surface area contributed by atoms with Gasteiger partial charge >= 0.3 is 0 Å². The van der Waals surface area contributed by atoms with Crippen LogP contribution in [0.3, 0.4) is 0 Å². The molecular formula is C9H18OS. The van der Waals surface area contributed by atoms with Crippen LogP contribution in [0.15, 0.2) is 12.3 Å². The lowest BCUT2D eigenvalue weighted by molar-refractivity contribution is 0.279. The van der Waals surface area contributed by atoms with E-state index >= 15 is 0 Å². The predicted molar refractivity (Wildman–Crippen MR) is 53.1 cm³/mol. The third-order valence-electron chi connectivity index (χ3n) is 1.87. The molecule has 1 nitrogen and oxygen atoms in total. The molecule has 0 fully saturated rings. The molecule has 0 spiro atoms. The standard InChI is InChI=1S/C9H18OS/c1-7(2)9(8(3)10)5-6-11-4/h7,9-10H,3,5-6H2,1-2,4H3. The van der Waals surface area contributed by atoms with Gasteiger partial charge in [0.25, 0.3) is 0 Å². The Morgan fingerprint density at radius 1 is 1.55 bits per heavy atom. The molecule has 1 N–H and O–H groups in total. The minimum atomic E-state index is 0.280. The highest BCUT2D eigenvalue weighted by molar-refractivity contribution is 7.98. The van der Waals surface area contributed by atoms with Crippen LogP contribution < -0.4 is 0 Å². The predicted octanol–water partition coefficient (Wildman–Crippen LogP) is 3.08. The molecule has 0 aliphatic carbocycles. The van der Waals surface area contributed by atoms with Crippen molar-refractivity contribution in [2.24, 2.45) is 11.8 Å². The number of hydrogen-bond donors (Lipinski definition) is 1. The van der Waals surface area contributed by atoms with Crippen LogP contribution in [0.25, 0.3) is 0 Å². The quantitative estimate of drug-likeness (QED) is 0.646. The van der Waals surface area contributed by atoms with Gasteiger partial charge in [0.2, 0.25) is 0 Å². The number of allylic oxidation sites excluding steroid dienone is 1. The molecule has 2 heteroatoms. The molecule has 1 atom stereocenters. The summed E-state index contributed by atoms with van der Waals surface area (Å²) in [5.41, 5.74) is 0. The number of hydrogen-bond acceptors (Lipinski definition) is 2. The number of thioether (sulfide) groups is 1. The van der Waals surface area contributed by atoms with Crippen molar-refractivity contribution in [1.29, 1.82) is 0 Å². The summed E-state index contributed by atoms with van der Waals surface area (Å²) in [5, 5.41) is 9.21. The Labute approximate surface area is 73.9 Å². The van der Waals surface area contributed by atoms with Gasteiger partial charge in [-0.3, -0.25) is 0 Å². The van der Waals surface area contributed by atoms with Gasteiger partial charge in [0, 0.05) is 5.92 Å². The van der Waals surface area contributed by atoms with Crippen LogP contribution in [0.1, 0.15) is 20.3 Å². The van der Waals surface area contributed by atoms with Crippen molar-refractivity contribution in [3.05, 3.63) is 12.3 Å². The second kappa shape index (κ2) is 5.53. The zero-order chi connectivity index (χ0) is 8.85. The Morgan fingerprint density at radius 3 is 2.36 bits per heavy atom. The Balaban J connectivity index is 3.80. The van der Waals surface area contributed by atoms with Crippen LogP contribution in [0.2, 0.25) is 0 Å². The second-order valence-corrected chi connectivity index (χ2v) is 4.11. The summed E-state index contributed by atoms with van der Waals surface area (Å²) in [6, 6.07) is 0. The minimum absolute atomic E-state index is 0.280. The van der Waals surface area contributed by atoms with E-state index in [1.807, 2.05) is 11.8 Å². The van der Waals surface area contributed by atoms with E-state index in [9.17, 15) is 5.11 Å². The van der Waals surface area contributed by atoms with E-state index in [1.165, 1.54) is 0 Å². The van der Waals surface area contributed by atoms with Gasteiger partial charge in [-0.2, -0.15) is 11.8 Å². The largest absolute Gasteiger partial charge is 0.513 e. The summed E-state index contributed by atoms with van der Waals surface area (Å²) in [4.78, 5) is 0. The van der Waals surface area contributed by atoms with Crippen molar-refractivity contribution >= 4 is 11.8 Å². The highest BCUT2D eigenvalue weighted by atomic mass is 32.2. The first-order valence-electron chi connectivity index (χ1n) is 3.96. The van der Waals surface area contributed by atoms with Gasteiger partial charge < -0.3 is 5.11 Å². The van der Waals surface area contributed by atoms with Gasteiger partial charge in [0.05, 0.1) is 5.76 Å². The van der Waals surface area contributed by atoms with E-state index in [0.717, 1.165) is 12.2 Å². The number of aliphatic hydroxyl groups excluding tert-OH is 1. The van der Waals surface area contributed by atoms with Crippen LogP contribution in [-0.4, -0.2) is 17.1 Å². The topological polar surface area (TPSA) is 20.2 Å². The first kappa shape index (κ1) is 10.9. The lowest BCUT2D eigenvalue weighted by atomic mass is 9.92. The smallest absolute Gasteiger partial charge is 0.0884 e. The van der Waals surface area contributed by atoms with E-state index in [2.05, 4.69) is 26.7 Å². The van der Waals surface area contributed by atoms with Gasteiger partial charge in [0.1, 0.15) is 0 Å². The maximum Gasteiger partial charge on any atom is 0.0884 e. The first-order chi connectivity index (χ1) is 5.09. The van der Waals surface area contributed by atoms with Crippen molar-refractivity contribution in [3.8, 4) is 0 Å². The van der Waals surface area contributed by atoms with E-state index in [1.54, 1.807) is 0 Å². The normalized spacial score (nSPS) is 13.5. The maximum absolute atomic E-state index is 9.21. The molecule has 0 saturated carbocycles. The summed E-state index contributed by atoms with van der Waals surface area (Å²) in [7, 11) is 0. The zero-order valence-corrected chi connectivity index (χ0v) is 8.45. The van der Waals surface area contributed by atoms with Crippen LogP contribution in [0.5, 0.6) is 0 Å². The summed E-state index contributed by atoms with van der Waals surface area (Å²) in [6.07, 6.45) is 3.12. The molecule has 0 bridgehead atoms. The monoisotopic (exact) mass is 174 g/mol. The fourth-order valence-electron chi connectivity index (χ4n) is 1.13. The fraction of sp³-hybridized carbons (Fsp3) is 0.778. The molecule has 1 unspecified atom stereocenters. The van der Waals surface area contributed by atoms with Crippen LogP contribution in [0.4, 0.5) is 0 Å². The molecule has 0 heterocycles. The molecule has 0 rings (SSSR count). The van der Waals surface area contributed by atoms with Crippen molar-refractivity contribution in [2.45, 2.75) is 20.3 Å². The van der Waals surface area contributed by atoms with Crippen molar-refractivity contribution in [3.63, 3.8) is 0 Å². The van der Waals surface area contributed by atoms with E-state index in [4.69, 9.17) is 0 Å². The number of rotatable bonds is 5.